The van der Waals surface area contributed by atoms with E-state index in [9.17, 15) is 9.90 Å². The Morgan fingerprint density at radius 2 is 2.00 bits per heavy atom. The van der Waals surface area contributed by atoms with Gasteiger partial charge in [-0.15, -0.1) is 0 Å². The van der Waals surface area contributed by atoms with Crippen LogP contribution in [0.3, 0.4) is 0 Å². The maximum absolute atomic E-state index is 12.6. The van der Waals surface area contributed by atoms with Gasteiger partial charge in [0.25, 0.3) is 5.91 Å². The summed E-state index contributed by atoms with van der Waals surface area (Å²) in [5, 5.41) is 10.2. The van der Waals surface area contributed by atoms with Crippen LogP contribution in [0.1, 0.15) is 42.1 Å². The molecule has 1 spiro atoms. The molecule has 1 amide bonds. The highest BCUT2D eigenvalue weighted by molar-refractivity contribution is 5.94. The second kappa shape index (κ2) is 6.59. The van der Waals surface area contributed by atoms with Gasteiger partial charge in [0, 0.05) is 43.6 Å². The van der Waals surface area contributed by atoms with Crippen molar-refractivity contribution in [2.24, 2.45) is 11.1 Å². The summed E-state index contributed by atoms with van der Waals surface area (Å²) >= 11 is 0. The number of rotatable bonds is 4. The summed E-state index contributed by atoms with van der Waals surface area (Å²) in [5.74, 6) is 0.0604. The molecule has 2 aliphatic rings. The van der Waals surface area contributed by atoms with E-state index in [1.165, 1.54) is 0 Å². The SMILES string of the molecule is CCOC1CC(O)C12CCN(C(=O)c1ccc(CN)cc1)CC2. The van der Waals surface area contributed by atoms with E-state index >= 15 is 0 Å². The Bertz CT molecular complexity index is 548. The van der Waals surface area contributed by atoms with Crippen LogP contribution in [0.2, 0.25) is 0 Å². The molecule has 126 valence electrons. The summed E-state index contributed by atoms with van der Waals surface area (Å²) in [5.41, 5.74) is 7.17. The summed E-state index contributed by atoms with van der Waals surface area (Å²) in [7, 11) is 0. The van der Waals surface area contributed by atoms with Crippen LogP contribution in [-0.4, -0.2) is 47.8 Å². The van der Waals surface area contributed by atoms with Gasteiger partial charge in [-0.25, -0.2) is 0 Å². The molecule has 1 aromatic rings. The molecular formula is C18H26N2O3. The zero-order chi connectivity index (χ0) is 16.4. The molecule has 2 unspecified atom stereocenters. The van der Waals surface area contributed by atoms with E-state index in [0.29, 0.717) is 31.8 Å². The maximum atomic E-state index is 12.6. The summed E-state index contributed by atoms with van der Waals surface area (Å²) in [4.78, 5) is 14.5. The molecule has 1 aliphatic carbocycles. The van der Waals surface area contributed by atoms with Gasteiger partial charge in [0.05, 0.1) is 12.2 Å². The van der Waals surface area contributed by atoms with E-state index in [0.717, 1.165) is 24.8 Å². The largest absolute Gasteiger partial charge is 0.392 e. The normalized spacial score (nSPS) is 26.1. The number of aliphatic hydroxyl groups excluding tert-OH is 1. The topological polar surface area (TPSA) is 75.8 Å². The molecule has 1 aliphatic heterocycles. The summed E-state index contributed by atoms with van der Waals surface area (Å²) in [6.07, 6.45) is 2.20. The van der Waals surface area contributed by atoms with Gasteiger partial charge in [-0.1, -0.05) is 12.1 Å². The number of carbonyl (C=O) groups excluding carboxylic acids is 1. The minimum atomic E-state index is -0.292. The van der Waals surface area contributed by atoms with Crippen molar-refractivity contribution in [3.63, 3.8) is 0 Å². The van der Waals surface area contributed by atoms with E-state index in [-0.39, 0.29) is 23.5 Å². The van der Waals surface area contributed by atoms with Crippen molar-refractivity contribution in [3.8, 4) is 0 Å². The fourth-order valence-electron chi connectivity index (χ4n) is 3.91. The average Bonchev–Trinajstić information content (AvgIpc) is 2.61. The highest BCUT2D eigenvalue weighted by Gasteiger charge is 2.56. The number of nitrogens with zero attached hydrogens (tertiary/aromatic N) is 1. The standard InChI is InChI=1S/C18H26N2O3/c1-2-23-16-11-15(21)18(16)7-9-20(10-8-18)17(22)14-5-3-13(12-19)4-6-14/h3-6,15-16,21H,2,7-12,19H2,1H3. The lowest BCUT2D eigenvalue weighted by Gasteiger charge is -2.56. The first-order chi connectivity index (χ1) is 11.1. The molecule has 3 N–H and O–H groups in total. The molecule has 23 heavy (non-hydrogen) atoms. The van der Waals surface area contributed by atoms with Gasteiger partial charge in [-0.05, 0) is 37.5 Å². The fourth-order valence-corrected chi connectivity index (χ4v) is 3.91. The number of benzene rings is 1. The first-order valence-electron chi connectivity index (χ1n) is 8.48. The van der Waals surface area contributed by atoms with Crippen LogP contribution in [0.25, 0.3) is 0 Å². The van der Waals surface area contributed by atoms with Crippen molar-refractivity contribution >= 4 is 5.91 Å². The minimum absolute atomic E-state index is 0.0604. The zero-order valence-corrected chi connectivity index (χ0v) is 13.7. The number of hydrogen-bond donors (Lipinski definition) is 2. The monoisotopic (exact) mass is 318 g/mol. The van der Waals surface area contributed by atoms with E-state index in [1.807, 2.05) is 36.1 Å². The van der Waals surface area contributed by atoms with Crippen LogP contribution in [0, 0.1) is 5.41 Å². The highest BCUT2D eigenvalue weighted by atomic mass is 16.5. The predicted octanol–water partition coefficient (Wildman–Crippen LogP) is 1.54. The molecule has 1 heterocycles. The van der Waals surface area contributed by atoms with Gasteiger partial charge in [-0.2, -0.15) is 0 Å². The molecule has 1 aromatic carbocycles. The van der Waals surface area contributed by atoms with Crippen LogP contribution in [0.5, 0.6) is 0 Å². The number of carbonyl (C=O) groups is 1. The second-order valence-corrected chi connectivity index (χ2v) is 6.62. The Balaban J connectivity index is 1.63. The van der Waals surface area contributed by atoms with Crippen LogP contribution in [0.4, 0.5) is 0 Å². The Morgan fingerprint density at radius 1 is 1.35 bits per heavy atom. The number of amides is 1. The van der Waals surface area contributed by atoms with E-state index < -0.39 is 0 Å². The van der Waals surface area contributed by atoms with Crippen molar-refractivity contribution in [1.29, 1.82) is 0 Å². The molecule has 2 atom stereocenters. The molecule has 0 radical (unpaired) electrons. The average molecular weight is 318 g/mol. The van der Waals surface area contributed by atoms with Crippen molar-refractivity contribution in [2.75, 3.05) is 19.7 Å². The third-order valence-corrected chi connectivity index (χ3v) is 5.53. The number of hydrogen-bond acceptors (Lipinski definition) is 4. The Morgan fingerprint density at radius 3 is 2.52 bits per heavy atom. The molecule has 5 heteroatoms. The molecule has 1 saturated carbocycles. The summed E-state index contributed by atoms with van der Waals surface area (Å²) in [6, 6.07) is 7.49. The lowest BCUT2D eigenvalue weighted by molar-refractivity contribution is -0.207. The smallest absolute Gasteiger partial charge is 0.253 e. The van der Waals surface area contributed by atoms with Gasteiger partial charge >= 0.3 is 0 Å². The van der Waals surface area contributed by atoms with Crippen molar-refractivity contribution < 1.29 is 14.6 Å². The molecular weight excluding hydrogens is 292 g/mol. The third kappa shape index (κ3) is 2.89. The molecule has 0 aromatic heterocycles. The number of piperidine rings is 1. The maximum Gasteiger partial charge on any atom is 0.253 e. The van der Waals surface area contributed by atoms with E-state index in [2.05, 4.69) is 0 Å². The second-order valence-electron chi connectivity index (χ2n) is 6.62. The molecule has 5 nitrogen and oxygen atoms in total. The van der Waals surface area contributed by atoms with Crippen LogP contribution >= 0.6 is 0 Å². The lowest BCUT2D eigenvalue weighted by atomic mass is 9.58. The van der Waals surface area contributed by atoms with Crippen LogP contribution in [0.15, 0.2) is 24.3 Å². The molecule has 1 saturated heterocycles. The van der Waals surface area contributed by atoms with Crippen molar-refractivity contribution in [3.05, 3.63) is 35.4 Å². The van der Waals surface area contributed by atoms with Crippen LogP contribution in [-0.2, 0) is 11.3 Å². The van der Waals surface area contributed by atoms with E-state index in [4.69, 9.17) is 10.5 Å². The minimum Gasteiger partial charge on any atom is -0.392 e. The molecule has 2 fully saturated rings. The number of aliphatic hydroxyl groups is 1. The van der Waals surface area contributed by atoms with Gasteiger partial charge in [0.2, 0.25) is 0 Å². The summed E-state index contributed by atoms with van der Waals surface area (Å²) in [6.45, 7) is 4.50. The van der Waals surface area contributed by atoms with Gasteiger partial charge in [0.15, 0.2) is 0 Å². The number of nitrogens with two attached hydrogens (primary N) is 1. The Labute approximate surface area is 137 Å². The Kier molecular flexibility index (Phi) is 4.71. The zero-order valence-electron chi connectivity index (χ0n) is 13.7. The number of likely N-dealkylation sites (tertiary alicyclic amines) is 1. The van der Waals surface area contributed by atoms with Gasteiger partial charge < -0.3 is 20.5 Å². The first kappa shape index (κ1) is 16.4. The fraction of sp³-hybridized carbons (Fsp3) is 0.611. The predicted molar refractivity (Wildman–Crippen MR) is 87.9 cm³/mol. The quantitative estimate of drug-likeness (QED) is 0.883. The molecule has 3 rings (SSSR count). The van der Waals surface area contributed by atoms with Gasteiger partial charge in [0.1, 0.15) is 0 Å². The first-order valence-corrected chi connectivity index (χ1v) is 8.48. The van der Waals surface area contributed by atoms with Crippen molar-refractivity contribution in [2.45, 2.75) is 44.9 Å². The Hall–Kier alpha value is -1.43. The molecule has 0 bridgehead atoms. The lowest BCUT2D eigenvalue weighted by Crippen LogP contribution is -2.62. The van der Waals surface area contributed by atoms with Gasteiger partial charge in [-0.3, -0.25) is 4.79 Å². The van der Waals surface area contributed by atoms with Crippen molar-refractivity contribution in [1.82, 2.24) is 4.90 Å². The van der Waals surface area contributed by atoms with Crippen LogP contribution < -0.4 is 5.73 Å². The summed E-state index contributed by atoms with van der Waals surface area (Å²) < 4.78 is 5.77. The highest BCUT2D eigenvalue weighted by Crippen LogP contribution is 2.51. The van der Waals surface area contributed by atoms with E-state index in [1.54, 1.807) is 0 Å². The third-order valence-electron chi connectivity index (χ3n) is 5.53. The number of ether oxygens (including phenoxy) is 1.